The highest BCUT2D eigenvalue weighted by molar-refractivity contribution is 5.79. The van der Waals surface area contributed by atoms with Gasteiger partial charge in [0.2, 0.25) is 5.91 Å². The van der Waals surface area contributed by atoms with Crippen LogP contribution in [0.5, 0.6) is 0 Å². The molecule has 1 amide bonds. The van der Waals surface area contributed by atoms with Crippen molar-refractivity contribution < 1.29 is 4.79 Å². The maximum atomic E-state index is 11.9. The molecule has 0 rings (SSSR count). The summed E-state index contributed by atoms with van der Waals surface area (Å²) in [6, 6.07) is 0. The van der Waals surface area contributed by atoms with E-state index in [4.69, 9.17) is 5.73 Å². The molecule has 0 aromatic rings. The second-order valence-corrected chi connectivity index (χ2v) is 4.48. The standard InChI is InChI=1S/C12H26N2O/c1-5-8-10(9-13)11(15)14-12(4,6-2)7-3/h10H,5-9,13H2,1-4H3,(H,14,15). The third-order valence-corrected chi connectivity index (χ3v) is 3.28. The van der Waals surface area contributed by atoms with Crippen molar-refractivity contribution in [2.75, 3.05) is 6.54 Å². The lowest BCUT2D eigenvalue weighted by Gasteiger charge is -2.30. The van der Waals surface area contributed by atoms with Crippen molar-refractivity contribution in [3.8, 4) is 0 Å². The van der Waals surface area contributed by atoms with Crippen molar-refractivity contribution in [1.82, 2.24) is 5.32 Å². The number of nitrogens with two attached hydrogens (primary N) is 1. The third-order valence-electron chi connectivity index (χ3n) is 3.28. The smallest absolute Gasteiger partial charge is 0.224 e. The summed E-state index contributed by atoms with van der Waals surface area (Å²) in [5.74, 6) is 0.0953. The molecule has 15 heavy (non-hydrogen) atoms. The zero-order valence-corrected chi connectivity index (χ0v) is 10.6. The molecule has 0 bridgehead atoms. The van der Waals surface area contributed by atoms with E-state index in [-0.39, 0.29) is 17.4 Å². The summed E-state index contributed by atoms with van der Waals surface area (Å²) in [6.07, 6.45) is 3.80. The van der Waals surface area contributed by atoms with Crippen LogP contribution in [0.2, 0.25) is 0 Å². The molecular weight excluding hydrogens is 188 g/mol. The Bertz CT molecular complexity index is 188. The minimum Gasteiger partial charge on any atom is -0.351 e. The van der Waals surface area contributed by atoms with E-state index in [0.717, 1.165) is 25.7 Å². The van der Waals surface area contributed by atoms with Crippen molar-refractivity contribution in [3.63, 3.8) is 0 Å². The molecule has 0 heterocycles. The third kappa shape index (κ3) is 4.65. The molecule has 90 valence electrons. The van der Waals surface area contributed by atoms with Crippen LogP contribution in [0.3, 0.4) is 0 Å². The maximum absolute atomic E-state index is 11.9. The van der Waals surface area contributed by atoms with E-state index >= 15 is 0 Å². The maximum Gasteiger partial charge on any atom is 0.224 e. The van der Waals surface area contributed by atoms with Crippen molar-refractivity contribution in [1.29, 1.82) is 0 Å². The Balaban J connectivity index is 4.31. The topological polar surface area (TPSA) is 55.1 Å². The van der Waals surface area contributed by atoms with Crippen LogP contribution in [-0.2, 0) is 4.79 Å². The highest BCUT2D eigenvalue weighted by atomic mass is 16.2. The molecule has 0 aromatic heterocycles. The van der Waals surface area contributed by atoms with Gasteiger partial charge in [-0.1, -0.05) is 27.2 Å². The van der Waals surface area contributed by atoms with E-state index in [0.29, 0.717) is 6.54 Å². The minimum atomic E-state index is -0.0712. The molecule has 0 spiro atoms. The van der Waals surface area contributed by atoms with Gasteiger partial charge in [-0.25, -0.2) is 0 Å². The first kappa shape index (κ1) is 14.4. The zero-order chi connectivity index (χ0) is 11.9. The van der Waals surface area contributed by atoms with E-state index < -0.39 is 0 Å². The van der Waals surface area contributed by atoms with E-state index in [9.17, 15) is 4.79 Å². The van der Waals surface area contributed by atoms with Gasteiger partial charge in [-0.3, -0.25) is 4.79 Å². The van der Waals surface area contributed by atoms with Crippen LogP contribution < -0.4 is 11.1 Å². The van der Waals surface area contributed by atoms with Gasteiger partial charge in [0.1, 0.15) is 0 Å². The Hall–Kier alpha value is -0.570. The van der Waals surface area contributed by atoms with Crippen LogP contribution in [0.4, 0.5) is 0 Å². The first-order valence-electron chi connectivity index (χ1n) is 6.05. The minimum absolute atomic E-state index is 0.0209. The summed E-state index contributed by atoms with van der Waals surface area (Å²) >= 11 is 0. The molecular formula is C12H26N2O. The number of hydrogen-bond acceptors (Lipinski definition) is 2. The first-order valence-corrected chi connectivity index (χ1v) is 6.05. The molecule has 0 saturated carbocycles. The molecule has 0 fully saturated rings. The van der Waals surface area contributed by atoms with Gasteiger partial charge < -0.3 is 11.1 Å². The largest absolute Gasteiger partial charge is 0.351 e. The molecule has 0 aliphatic carbocycles. The van der Waals surface area contributed by atoms with Crippen molar-refractivity contribution in [2.24, 2.45) is 11.7 Å². The van der Waals surface area contributed by atoms with Crippen molar-refractivity contribution in [2.45, 2.75) is 58.9 Å². The fourth-order valence-electron chi connectivity index (χ4n) is 1.53. The quantitative estimate of drug-likeness (QED) is 0.681. The molecule has 0 radical (unpaired) electrons. The Morgan fingerprint density at radius 3 is 2.20 bits per heavy atom. The van der Waals surface area contributed by atoms with E-state index in [1.165, 1.54) is 0 Å². The van der Waals surface area contributed by atoms with Gasteiger partial charge >= 0.3 is 0 Å². The van der Waals surface area contributed by atoms with Gasteiger partial charge in [0, 0.05) is 12.1 Å². The summed E-state index contributed by atoms with van der Waals surface area (Å²) in [5, 5.41) is 3.11. The summed E-state index contributed by atoms with van der Waals surface area (Å²) in [7, 11) is 0. The van der Waals surface area contributed by atoms with Crippen LogP contribution >= 0.6 is 0 Å². The zero-order valence-electron chi connectivity index (χ0n) is 10.6. The lowest BCUT2D eigenvalue weighted by molar-refractivity contribution is -0.126. The molecule has 3 N–H and O–H groups in total. The molecule has 1 atom stereocenters. The SMILES string of the molecule is CCCC(CN)C(=O)NC(C)(CC)CC. The normalized spacial score (nSPS) is 13.7. The lowest BCUT2D eigenvalue weighted by Crippen LogP contribution is -2.48. The van der Waals surface area contributed by atoms with E-state index in [1.807, 2.05) is 0 Å². The molecule has 0 aliphatic rings. The Morgan fingerprint density at radius 1 is 1.33 bits per heavy atom. The van der Waals surface area contributed by atoms with Crippen molar-refractivity contribution >= 4 is 5.91 Å². The number of nitrogens with one attached hydrogen (secondary N) is 1. The van der Waals surface area contributed by atoms with Gasteiger partial charge in [0.15, 0.2) is 0 Å². The Kier molecular flexibility index (Phi) is 6.57. The number of carbonyl (C=O) groups is 1. The molecule has 0 saturated heterocycles. The summed E-state index contributed by atoms with van der Waals surface area (Å²) in [6.45, 7) is 8.81. The predicted molar refractivity (Wildman–Crippen MR) is 64.6 cm³/mol. The Morgan fingerprint density at radius 2 is 1.87 bits per heavy atom. The fraction of sp³-hybridized carbons (Fsp3) is 0.917. The monoisotopic (exact) mass is 214 g/mol. The van der Waals surface area contributed by atoms with Gasteiger partial charge in [-0.15, -0.1) is 0 Å². The number of amides is 1. The lowest BCUT2D eigenvalue weighted by atomic mass is 9.93. The molecule has 0 aromatic carbocycles. The summed E-state index contributed by atoms with van der Waals surface area (Å²) in [5.41, 5.74) is 5.53. The van der Waals surface area contributed by atoms with Gasteiger partial charge in [-0.05, 0) is 26.2 Å². The number of carbonyl (C=O) groups excluding carboxylic acids is 1. The summed E-state index contributed by atoms with van der Waals surface area (Å²) < 4.78 is 0. The summed E-state index contributed by atoms with van der Waals surface area (Å²) in [4.78, 5) is 11.9. The van der Waals surface area contributed by atoms with Gasteiger partial charge in [0.05, 0.1) is 5.92 Å². The number of rotatable bonds is 7. The van der Waals surface area contributed by atoms with Crippen LogP contribution in [0.15, 0.2) is 0 Å². The number of hydrogen-bond donors (Lipinski definition) is 2. The van der Waals surface area contributed by atoms with E-state index in [2.05, 4.69) is 33.0 Å². The first-order chi connectivity index (χ1) is 7.02. The highest BCUT2D eigenvalue weighted by Crippen LogP contribution is 2.15. The van der Waals surface area contributed by atoms with Crippen LogP contribution in [0.1, 0.15) is 53.4 Å². The van der Waals surface area contributed by atoms with Gasteiger partial charge in [-0.2, -0.15) is 0 Å². The molecule has 0 aliphatic heterocycles. The van der Waals surface area contributed by atoms with Crippen LogP contribution in [-0.4, -0.2) is 18.0 Å². The highest BCUT2D eigenvalue weighted by Gasteiger charge is 2.25. The Labute approximate surface area is 93.8 Å². The second kappa shape index (κ2) is 6.83. The fourth-order valence-corrected chi connectivity index (χ4v) is 1.53. The molecule has 1 unspecified atom stereocenters. The van der Waals surface area contributed by atoms with Crippen LogP contribution in [0, 0.1) is 5.92 Å². The van der Waals surface area contributed by atoms with Gasteiger partial charge in [0.25, 0.3) is 0 Å². The molecule has 3 heteroatoms. The molecule has 3 nitrogen and oxygen atoms in total. The predicted octanol–water partition coefficient (Wildman–Crippen LogP) is 2.06. The average molecular weight is 214 g/mol. The van der Waals surface area contributed by atoms with Crippen LogP contribution in [0.25, 0.3) is 0 Å². The average Bonchev–Trinajstić information content (AvgIpc) is 2.25. The van der Waals surface area contributed by atoms with E-state index in [1.54, 1.807) is 0 Å². The second-order valence-electron chi connectivity index (χ2n) is 4.48. The van der Waals surface area contributed by atoms with Crippen molar-refractivity contribution in [3.05, 3.63) is 0 Å².